The van der Waals surface area contributed by atoms with E-state index in [4.69, 9.17) is 4.74 Å². The van der Waals surface area contributed by atoms with E-state index in [2.05, 4.69) is 10.3 Å². The van der Waals surface area contributed by atoms with Crippen molar-refractivity contribution in [2.45, 2.75) is 27.2 Å². The van der Waals surface area contributed by atoms with Crippen LogP contribution >= 0.6 is 22.7 Å². The first-order valence-corrected chi connectivity index (χ1v) is 10.8. The number of benzene rings is 1. The highest BCUT2D eigenvalue weighted by atomic mass is 32.1. The number of nitrogens with one attached hydrogen (secondary N) is 1. The molecule has 0 aliphatic heterocycles. The van der Waals surface area contributed by atoms with E-state index in [-0.39, 0.29) is 41.1 Å². The van der Waals surface area contributed by atoms with Crippen LogP contribution < -0.4 is 5.32 Å². The van der Waals surface area contributed by atoms with E-state index in [9.17, 15) is 18.8 Å². The number of hydrogen-bond donors (Lipinski definition) is 1. The largest absolute Gasteiger partial charge is 0.462 e. The van der Waals surface area contributed by atoms with Crippen LogP contribution in [0.2, 0.25) is 0 Å². The number of hydrogen-bond acceptors (Lipinski definition) is 7. The summed E-state index contributed by atoms with van der Waals surface area (Å²) < 4.78 is 18.2. The summed E-state index contributed by atoms with van der Waals surface area (Å²) in [5, 5.41) is 5.43. The van der Waals surface area contributed by atoms with E-state index in [0.29, 0.717) is 21.1 Å². The number of halogens is 1. The topological polar surface area (TPSA) is 85.4 Å². The molecule has 30 heavy (non-hydrogen) atoms. The zero-order chi connectivity index (χ0) is 21.8. The third kappa shape index (κ3) is 4.80. The second kappa shape index (κ2) is 9.27. The Bertz CT molecular complexity index is 1100. The van der Waals surface area contributed by atoms with E-state index >= 15 is 0 Å². The molecule has 2 heterocycles. The molecule has 1 N–H and O–H groups in total. The smallest absolute Gasteiger partial charge is 0.341 e. The lowest BCUT2D eigenvalue weighted by molar-refractivity contribution is -0.115. The number of nitrogens with zero attached hydrogens (tertiary/aromatic N) is 1. The van der Waals surface area contributed by atoms with Crippen molar-refractivity contribution in [1.82, 2.24) is 4.98 Å². The predicted octanol–water partition coefficient (Wildman–Crippen LogP) is 4.88. The van der Waals surface area contributed by atoms with Gasteiger partial charge in [-0.2, -0.15) is 0 Å². The number of ketones is 1. The highest BCUT2D eigenvalue weighted by Gasteiger charge is 2.25. The van der Waals surface area contributed by atoms with Gasteiger partial charge in [-0.25, -0.2) is 14.2 Å². The molecular weight excluding hydrogens is 427 g/mol. The van der Waals surface area contributed by atoms with Crippen LogP contribution in [-0.2, 0) is 16.0 Å². The zero-order valence-corrected chi connectivity index (χ0v) is 18.2. The maximum atomic E-state index is 13.1. The summed E-state index contributed by atoms with van der Waals surface area (Å²) in [6, 6.07) is 5.96. The fraction of sp³-hybridized carbons (Fsp3) is 0.238. The molecule has 1 aromatic carbocycles. The Kier molecular flexibility index (Phi) is 6.73. The summed E-state index contributed by atoms with van der Waals surface area (Å²) in [6.07, 6.45) is -0.00763. The molecule has 2 aromatic heterocycles. The third-order valence-electron chi connectivity index (χ3n) is 4.18. The summed E-state index contributed by atoms with van der Waals surface area (Å²) >= 11 is 2.41. The summed E-state index contributed by atoms with van der Waals surface area (Å²) in [4.78, 5) is 41.6. The average molecular weight is 447 g/mol. The first kappa shape index (κ1) is 21.8. The number of carbonyl (C=O) groups excluding carboxylic acids is 3. The van der Waals surface area contributed by atoms with Crippen molar-refractivity contribution in [1.29, 1.82) is 0 Å². The van der Waals surface area contributed by atoms with E-state index in [0.717, 1.165) is 16.9 Å². The van der Waals surface area contributed by atoms with E-state index in [1.54, 1.807) is 31.4 Å². The number of amides is 1. The SMILES string of the molecule is CCOC(=O)c1c(NC(=O)Cc2csc(-c3ccc(F)cc3)n2)sc(C(C)=O)c1C. The molecule has 9 heteroatoms. The number of thiazole rings is 1. The summed E-state index contributed by atoms with van der Waals surface area (Å²) in [7, 11) is 0. The number of carbonyl (C=O) groups is 3. The number of rotatable bonds is 7. The maximum Gasteiger partial charge on any atom is 0.341 e. The molecule has 0 atom stereocenters. The monoisotopic (exact) mass is 446 g/mol. The molecule has 0 saturated heterocycles. The van der Waals surface area contributed by atoms with Gasteiger partial charge in [0.2, 0.25) is 5.91 Å². The van der Waals surface area contributed by atoms with Gasteiger partial charge in [0.25, 0.3) is 0 Å². The number of ether oxygens (including phenoxy) is 1. The second-order valence-corrected chi connectivity index (χ2v) is 8.29. The molecule has 0 aliphatic rings. The molecule has 1 amide bonds. The first-order chi connectivity index (χ1) is 14.3. The molecular formula is C21H19FN2O4S2. The van der Waals surface area contributed by atoms with Gasteiger partial charge in [-0.3, -0.25) is 9.59 Å². The molecule has 0 spiro atoms. The Morgan fingerprint density at radius 2 is 1.90 bits per heavy atom. The fourth-order valence-corrected chi connectivity index (χ4v) is 4.77. The van der Waals surface area contributed by atoms with Crippen molar-refractivity contribution >= 4 is 45.3 Å². The molecule has 0 unspecified atom stereocenters. The summed E-state index contributed by atoms with van der Waals surface area (Å²) in [6.45, 7) is 4.93. The van der Waals surface area contributed by atoms with Gasteiger partial charge >= 0.3 is 5.97 Å². The van der Waals surface area contributed by atoms with Gasteiger partial charge in [-0.05, 0) is 50.6 Å². The highest BCUT2D eigenvalue weighted by molar-refractivity contribution is 7.18. The standard InChI is InChI=1S/C21H19FN2O4S2/c1-4-28-21(27)17-11(2)18(12(3)25)30-20(17)24-16(26)9-15-10-29-19(23-15)13-5-7-14(22)8-6-13/h5-8,10H,4,9H2,1-3H3,(H,24,26). The Morgan fingerprint density at radius 3 is 2.53 bits per heavy atom. The highest BCUT2D eigenvalue weighted by Crippen LogP contribution is 2.34. The molecule has 156 valence electrons. The van der Waals surface area contributed by atoms with Crippen LogP contribution in [0.5, 0.6) is 0 Å². The lowest BCUT2D eigenvalue weighted by Gasteiger charge is -2.06. The number of esters is 1. The number of aromatic nitrogens is 1. The number of Topliss-reactive ketones (excluding diaryl/α,β-unsaturated/α-hetero) is 1. The quantitative estimate of drug-likeness (QED) is 0.413. The second-order valence-electron chi connectivity index (χ2n) is 6.41. The summed E-state index contributed by atoms with van der Waals surface area (Å²) in [5.41, 5.74) is 2.01. The van der Waals surface area contributed by atoms with Crippen molar-refractivity contribution in [3.63, 3.8) is 0 Å². The van der Waals surface area contributed by atoms with Crippen LogP contribution in [-0.4, -0.2) is 29.3 Å². The van der Waals surface area contributed by atoms with Crippen LogP contribution in [0.3, 0.4) is 0 Å². The predicted molar refractivity (Wildman–Crippen MR) is 115 cm³/mol. The van der Waals surface area contributed by atoms with E-state index in [1.165, 1.54) is 30.4 Å². The van der Waals surface area contributed by atoms with Gasteiger partial charge in [-0.1, -0.05) is 0 Å². The van der Waals surface area contributed by atoms with Crippen LogP contribution in [0, 0.1) is 12.7 Å². The summed E-state index contributed by atoms with van der Waals surface area (Å²) in [5.74, 6) is -1.47. The zero-order valence-electron chi connectivity index (χ0n) is 16.6. The van der Waals surface area contributed by atoms with Gasteiger partial charge in [0.05, 0.1) is 29.2 Å². The Labute approximate surface area is 180 Å². The maximum absolute atomic E-state index is 13.1. The molecule has 6 nitrogen and oxygen atoms in total. The van der Waals surface area contributed by atoms with Gasteiger partial charge in [0, 0.05) is 10.9 Å². The third-order valence-corrected chi connectivity index (χ3v) is 6.43. The number of thiophene rings is 1. The van der Waals surface area contributed by atoms with Gasteiger partial charge in [0.1, 0.15) is 15.8 Å². The first-order valence-electron chi connectivity index (χ1n) is 9.11. The van der Waals surface area contributed by atoms with Crippen molar-refractivity contribution in [3.05, 3.63) is 57.2 Å². The van der Waals surface area contributed by atoms with Gasteiger partial charge in [0.15, 0.2) is 5.78 Å². The Morgan fingerprint density at radius 1 is 1.20 bits per heavy atom. The van der Waals surface area contributed by atoms with Crippen LogP contribution in [0.15, 0.2) is 29.6 Å². The van der Waals surface area contributed by atoms with Crippen molar-refractivity contribution in [2.75, 3.05) is 11.9 Å². The minimum absolute atomic E-state index is 0.00763. The normalized spacial score (nSPS) is 10.7. The van der Waals surface area contributed by atoms with Crippen LogP contribution in [0.25, 0.3) is 10.6 Å². The van der Waals surface area contributed by atoms with Gasteiger partial charge < -0.3 is 10.1 Å². The molecule has 3 rings (SSSR count). The van der Waals surface area contributed by atoms with Crippen molar-refractivity contribution in [2.24, 2.45) is 0 Å². The van der Waals surface area contributed by atoms with E-state index in [1.807, 2.05) is 0 Å². The lowest BCUT2D eigenvalue weighted by Crippen LogP contribution is -2.16. The molecule has 0 saturated carbocycles. The fourth-order valence-electron chi connectivity index (χ4n) is 2.83. The Hall–Kier alpha value is -2.91. The molecule has 0 aliphatic carbocycles. The molecule has 3 aromatic rings. The lowest BCUT2D eigenvalue weighted by atomic mass is 10.1. The van der Waals surface area contributed by atoms with Crippen molar-refractivity contribution in [3.8, 4) is 10.6 Å². The Balaban J connectivity index is 1.78. The minimum atomic E-state index is -0.582. The van der Waals surface area contributed by atoms with Gasteiger partial charge in [-0.15, -0.1) is 22.7 Å². The molecule has 0 fully saturated rings. The van der Waals surface area contributed by atoms with Crippen LogP contribution in [0.4, 0.5) is 9.39 Å². The minimum Gasteiger partial charge on any atom is -0.462 e. The molecule has 0 bridgehead atoms. The number of anilines is 1. The average Bonchev–Trinajstić information content (AvgIpc) is 3.27. The van der Waals surface area contributed by atoms with E-state index < -0.39 is 5.97 Å². The molecule has 0 radical (unpaired) electrons. The van der Waals surface area contributed by atoms with Crippen LogP contribution in [0.1, 0.15) is 45.1 Å². The van der Waals surface area contributed by atoms with Crippen molar-refractivity contribution < 1.29 is 23.5 Å².